The van der Waals surface area contributed by atoms with Gasteiger partial charge < -0.3 is 10.1 Å². The number of rotatable bonds is 3. The van der Waals surface area contributed by atoms with Gasteiger partial charge in [0.05, 0.1) is 7.11 Å². The zero-order valence-electron chi connectivity index (χ0n) is 7.61. The molecular formula is C8H12N2O2S. The summed E-state index contributed by atoms with van der Waals surface area (Å²) in [5.41, 5.74) is 0.315. The SMILES string of the molecule is CCS[C@@H]1C=NC(C(=O)OC)=CN1. The van der Waals surface area contributed by atoms with E-state index in [4.69, 9.17) is 0 Å². The van der Waals surface area contributed by atoms with E-state index in [9.17, 15) is 4.79 Å². The van der Waals surface area contributed by atoms with Crippen LogP contribution in [0.3, 0.4) is 0 Å². The molecule has 0 radical (unpaired) electrons. The highest BCUT2D eigenvalue weighted by atomic mass is 32.2. The predicted molar refractivity (Wildman–Crippen MR) is 53.6 cm³/mol. The highest BCUT2D eigenvalue weighted by molar-refractivity contribution is 8.00. The Balaban J connectivity index is 2.49. The normalized spacial score (nSPS) is 20.5. The van der Waals surface area contributed by atoms with Crippen molar-refractivity contribution in [2.45, 2.75) is 12.3 Å². The maximum atomic E-state index is 11.0. The molecule has 1 rings (SSSR count). The molecule has 0 fully saturated rings. The first-order chi connectivity index (χ1) is 6.27. The predicted octanol–water partition coefficient (Wildman–Crippen LogP) is 0.754. The van der Waals surface area contributed by atoms with E-state index >= 15 is 0 Å². The number of nitrogens with one attached hydrogen (secondary N) is 1. The summed E-state index contributed by atoms with van der Waals surface area (Å²) in [6, 6.07) is 0. The second-order valence-corrected chi connectivity index (χ2v) is 3.76. The Kier molecular flexibility index (Phi) is 3.82. The molecule has 72 valence electrons. The molecule has 0 amide bonds. The Bertz CT molecular complexity index is 251. The molecule has 1 aliphatic heterocycles. The zero-order valence-corrected chi connectivity index (χ0v) is 8.43. The topological polar surface area (TPSA) is 50.7 Å². The van der Waals surface area contributed by atoms with Crippen LogP contribution >= 0.6 is 11.8 Å². The lowest BCUT2D eigenvalue weighted by Crippen LogP contribution is -2.27. The summed E-state index contributed by atoms with van der Waals surface area (Å²) in [4.78, 5) is 15.0. The van der Waals surface area contributed by atoms with Gasteiger partial charge in [0.2, 0.25) is 0 Å². The Labute approximate surface area is 81.4 Å². The van der Waals surface area contributed by atoms with Crippen LogP contribution in [0.15, 0.2) is 16.9 Å². The average molecular weight is 200 g/mol. The third kappa shape index (κ3) is 2.77. The van der Waals surface area contributed by atoms with Crippen molar-refractivity contribution in [2.75, 3.05) is 12.9 Å². The summed E-state index contributed by atoms with van der Waals surface area (Å²) >= 11 is 1.72. The van der Waals surface area contributed by atoms with Crippen molar-refractivity contribution in [2.24, 2.45) is 4.99 Å². The van der Waals surface area contributed by atoms with E-state index in [0.717, 1.165) is 5.75 Å². The van der Waals surface area contributed by atoms with Crippen molar-refractivity contribution < 1.29 is 9.53 Å². The van der Waals surface area contributed by atoms with Gasteiger partial charge in [0.1, 0.15) is 5.37 Å². The number of esters is 1. The molecule has 0 spiro atoms. The molecule has 0 unspecified atom stereocenters. The molecule has 0 aromatic carbocycles. The quantitative estimate of drug-likeness (QED) is 0.683. The van der Waals surface area contributed by atoms with Crippen LogP contribution < -0.4 is 5.32 Å². The lowest BCUT2D eigenvalue weighted by molar-refractivity contribution is -0.136. The molecule has 13 heavy (non-hydrogen) atoms. The second kappa shape index (κ2) is 4.91. The summed E-state index contributed by atoms with van der Waals surface area (Å²) in [7, 11) is 1.34. The van der Waals surface area contributed by atoms with Crippen molar-refractivity contribution in [3.63, 3.8) is 0 Å². The molecule has 0 aromatic rings. The molecule has 0 bridgehead atoms. The molecule has 1 atom stereocenters. The van der Waals surface area contributed by atoms with Crippen molar-refractivity contribution in [3.05, 3.63) is 11.9 Å². The van der Waals surface area contributed by atoms with E-state index in [1.54, 1.807) is 24.2 Å². The smallest absolute Gasteiger partial charge is 0.358 e. The Morgan fingerprint density at radius 3 is 3.08 bits per heavy atom. The summed E-state index contributed by atoms with van der Waals surface area (Å²) < 4.78 is 4.52. The molecule has 4 nitrogen and oxygen atoms in total. The first-order valence-electron chi connectivity index (χ1n) is 3.98. The molecule has 5 heteroatoms. The zero-order chi connectivity index (χ0) is 9.68. The number of aliphatic imine (C=N–C) groups is 1. The minimum Gasteiger partial charge on any atom is -0.464 e. The number of thioether (sulfide) groups is 1. The van der Waals surface area contributed by atoms with E-state index in [1.807, 2.05) is 0 Å². The van der Waals surface area contributed by atoms with Crippen LogP contribution in [-0.2, 0) is 9.53 Å². The van der Waals surface area contributed by atoms with E-state index in [-0.39, 0.29) is 5.37 Å². The Morgan fingerprint density at radius 1 is 1.85 bits per heavy atom. The van der Waals surface area contributed by atoms with Crippen LogP contribution in [0, 0.1) is 0 Å². The number of carbonyl (C=O) groups is 1. The number of nitrogens with zero attached hydrogens (tertiary/aromatic N) is 1. The molecule has 1 N–H and O–H groups in total. The highest BCUT2D eigenvalue weighted by Gasteiger charge is 2.13. The summed E-state index contributed by atoms with van der Waals surface area (Å²) in [6.45, 7) is 2.07. The van der Waals surface area contributed by atoms with Crippen LogP contribution in [0.1, 0.15) is 6.92 Å². The van der Waals surface area contributed by atoms with Gasteiger partial charge in [-0.1, -0.05) is 6.92 Å². The number of hydrogen-bond donors (Lipinski definition) is 1. The van der Waals surface area contributed by atoms with Gasteiger partial charge in [0, 0.05) is 12.4 Å². The minimum atomic E-state index is -0.413. The first-order valence-corrected chi connectivity index (χ1v) is 5.03. The summed E-state index contributed by atoms with van der Waals surface area (Å²) in [6.07, 6.45) is 3.29. The van der Waals surface area contributed by atoms with Gasteiger partial charge in [-0.15, -0.1) is 11.8 Å². The van der Waals surface area contributed by atoms with Gasteiger partial charge in [-0.05, 0) is 5.75 Å². The first kappa shape index (κ1) is 10.1. The van der Waals surface area contributed by atoms with Crippen LogP contribution in [-0.4, -0.2) is 30.4 Å². The fourth-order valence-electron chi connectivity index (χ4n) is 0.876. The molecular weight excluding hydrogens is 188 g/mol. The maximum Gasteiger partial charge on any atom is 0.358 e. The number of methoxy groups -OCH3 is 1. The molecule has 0 saturated carbocycles. The lowest BCUT2D eigenvalue weighted by Gasteiger charge is -2.15. The maximum absolute atomic E-state index is 11.0. The van der Waals surface area contributed by atoms with Gasteiger partial charge in [-0.3, -0.25) is 0 Å². The molecule has 0 saturated heterocycles. The fraction of sp³-hybridized carbons (Fsp3) is 0.500. The highest BCUT2D eigenvalue weighted by Crippen LogP contribution is 2.11. The Hall–Kier alpha value is -0.970. The number of ether oxygens (including phenoxy) is 1. The van der Waals surface area contributed by atoms with Gasteiger partial charge in [0.25, 0.3) is 0 Å². The van der Waals surface area contributed by atoms with Crippen molar-refractivity contribution in [1.82, 2.24) is 5.32 Å². The van der Waals surface area contributed by atoms with Gasteiger partial charge >= 0.3 is 5.97 Å². The van der Waals surface area contributed by atoms with E-state index in [2.05, 4.69) is 22.0 Å². The standard InChI is InChI=1S/C8H12N2O2S/c1-3-13-7-5-9-6(4-10-7)8(11)12-2/h4-5,7,10H,3H2,1-2H3/t7-/m1/s1. The molecule has 1 aliphatic rings. The van der Waals surface area contributed by atoms with Crippen molar-refractivity contribution >= 4 is 23.9 Å². The van der Waals surface area contributed by atoms with Crippen molar-refractivity contribution in [1.29, 1.82) is 0 Å². The van der Waals surface area contributed by atoms with E-state index in [1.165, 1.54) is 7.11 Å². The van der Waals surface area contributed by atoms with Gasteiger partial charge in [-0.2, -0.15) is 0 Å². The lowest BCUT2D eigenvalue weighted by atomic mass is 10.4. The molecule has 1 heterocycles. The summed E-state index contributed by atoms with van der Waals surface area (Å²) in [5, 5.41) is 3.20. The molecule has 0 aromatic heterocycles. The van der Waals surface area contributed by atoms with E-state index in [0.29, 0.717) is 5.70 Å². The number of carbonyl (C=O) groups excluding carboxylic acids is 1. The van der Waals surface area contributed by atoms with Crippen LogP contribution in [0.4, 0.5) is 0 Å². The van der Waals surface area contributed by atoms with Crippen molar-refractivity contribution in [3.8, 4) is 0 Å². The van der Waals surface area contributed by atoms with Crippen LogP contribution in [0.25, 0.3) is 0 Å². The second-order valence-electron chi connectivity index (χ2n) is 2.34. The molecule has 0 aliphatic carbocycles. The largest absolute Gasteiger partial charge is 0.464 e. The number of hydrogen-bond acceptors (Lipinski definition) is 5. The third-order valence-corrected chi connectivity index (χ3v) is 2.42. The van der Waals surface area contributed by atoms with Gasteiger partial charge in [0.15, 0.2) is 5.70 Å². The van der Waals surface area contributed by atoms with Gasteiger partial charge in [-0.25, -0.2) is 9.79 Å². The average Bonchev–Trinajstić information content (AvgIpc) is 2.18. The monoisotopic (exact) mass is 200 g/mol. The third-order valence-electron chi connectivity index (χ3n) is 1.47. The minimum absolute atomic E-state index is 0.165. The summed E-state index contributed by atoms with van der Waals surface area (Å²) in [5.74, 6) is 0.592. The van der Waals surface area contributed by atoms with Crippen LogP contribution in [0.5, 0.6) is 0 Å². The van der Waals surface area contributed by atoms with Crippen LogP contribution in [0.2, 0.25) is 0 Å². The van der Waals surface area contributed by atoms with E-state index < -0.39 is 5.97 Å². The fourth-order valence-corrected chi connectivity index (χ4v) is 1.55. The Morgan fingerprint density at radius 2 is 2.62 bits per heavy atom.